The molecule has 0 saturated carbocycles. The third kappa shape index (κ3) is 1.54. The van der Waals surface area contributed by atoms with Gasteiger partial charge >= 0.3 is 0 Å². The number of dihydropyridines is 1. The van der Waals surface area contributed by atoms with E-state index in [-0.39, 0.29) is 6.61 Å². The van der Waals surface area contributed by atoms with E-state index in [1.165, 1.54) is 0 Å². The van der Waals surface area contributed by atoms with Crippen LogP contribution in [0.2, 0.25) is 0 Å². The Kier molecular flexibility index (Phi) is 2.19. The topological polar surface area (TPSA) is 58.3 Å². The average molecular weight is 154 g/mol. The molecule has 0 atom stereocenters. The second-order valence-electron chi connectivity index (χ2n) is 2.84. The molecule has 1 aliphatic rings. The van der Waals surface area contributed by atoms with Crippen LogP contribution in [0.5, 0.6) is 0 Å². The van der Waals surface area contributed by atoms with Crippen LogP contribution < -0.4 is 11.1 Å². The first-order valence-electron chi connectivity index (χ1n) is 3.67. The van der Waals surface area contributed by atoms with Gasteiger partial charge in [-0.3, -0.25) is 0 Å². The summed E-state index contributed by atoms with van der Waals surface area (Å²) in [6, 6.07) is 0. The van der Waals surface area contributed by atoms with E-state index >= 15 is 0 Å². The van der Waals surface area contributed by atoms with Gasteiger partial charge in [-0.05, 0) is 19.4 Å². The quantitative estimate of drug-likeness (QED) is 0.513. The molecule has 3 nitrogen and oxygen atoms in total. The first-order chi connectivity index (χ1) is 5.15. The van der Waals surface area contributed by atoms with Crippen LogP contribution in [0.4, 0.5) is 0 Å². The van der Waals surface area contributed by atoms with Crippen molar-refractivity contribution >= 4 is 0 Å². The Bertz CT molecular complexity index is 228. The van der Waals surface area contributed by atoms with Crippen molar-refractivity contribution in [1.29, 1.82) is 0 Å². The molecule has 0 unspecified atom stereocenters. The van der Waals surface area contributed by atoms with Crippen LogP contribution in [0.25, 0.3) is 0 Å². The molecule has 0 amide bonds. The predicted octanol–water partition coefficient (Wildman–Crippen LogP) is 0.436. The highest BCUT2D eigenvalue weighted by Crippen LogP contribution is 2.17. The van der Waals surface area contributed by atoms with Crippen LogP contribution in [0.15, 0.2) is 22.7 Å². The van der Waals surface area contributed by atoms with Gasteiger partial charge in [0.25, 0.3) is 0 Å². The molecule has 0 saturated heterocycles. The lowest BCUT2D eigenvalue weighted by atomic mass is 10.0. The standard InChI is InChI=1S/C8H14N2O/c1-5-7(4-11)3-8(9)6(2)10-5/h10-11H,3-4,9H2,1-2H3. The second kappa shape index (κ2) is 2.96. The maximum absolute atomic E-state index is 8.89. The van der Waals surface area contributed by atoms with E-state index in [4.69, 9.17) is 10.8 Å². The average Bonchev–Trinajstić information content (AvgIpc) is 1.97. The maximum Gasteiger partial charge on any atom is 0.0665 e. The third-order valence-corrected chi connectivity index (χ3v) is 1.98. The van der Waals surface area contributed by atoms with Crippen molar-refractivity contribution in [2.24, 2.45) is 5.73 Å². The normalized spacial score (nSPS) is 18.8. The smallest absolute Gasteiger partial charge is 0.0665 e. The van der Waals surface area contributed by atoms with Crippen LogP contribution in [0, 0.1) is 0 Å². The van der Waals surface area contributed by atoms with E-state index in [0.717, 1.165) is 22.7 Å². The van der Waals surface area contributed by atoms with Crippen molar-refractivity contribution in [2.75, 3.05) is 6.61 Å². The molecular weight excluding hydrogens is 140 g/mol. The van der Waals surface area contributed by atoms with Gasteiger partial charge in [-0.1, -0.05) is 0 Å². The molecule has 0 radical (unpaired) electrons. The van der Waals surface area contributed by atoms with Gasteiger partial charge < -0.3 is 16.2 Å². The Morgan fingerprint density at radius 2 is 2.09 bits per heavy atom. The maximum atomic E-state index is 8.89. The Morgan fingerprint density at radius 3 is 2.64 bits per heavy atom. The summed E-state index contributed by atoms with van der Waals surface area (Å²) in [4.78, 5) is 0. The number of hydrogen-bond acceptors (Lipinski definition) is 3. The molecule has 3 heteroatoms. The molecule has 62 valence electrons. The summed E-state index contributed by atoms with van der Waals surface area (Å²) in [5.74, 6) is 0. The predicted molar refractivity (Wildman–Crippen MR) is 44.4 cm³/mol. The zero-order valence-electron chi connectivity index (χ0n) is 6.94. The monoisotopic (exact) mass is 154 g/mol. The summed E-state index contributed by atoms with van der Waals surface area (Å²) in [6.07, 6.45) is 0.696. The number of nitrogens with one attached hydrogen (secondary N) is 1. The van der Waals surface area contributed by atoms with Gasteiger partial charge in [-0.2, -0.15) is 0 Å². The molecule has 0 aliphatic carbocycles. The van der Waals surface area contributed by atoms with E-state index < -0.39 is 0 Å². The van der Waals surface area contributed by atoms with E-state index in [9.17, 15) is 0 Å². The third-order valence-electron chi connectivity index (χ3n) is 1.98. The van der Waals surface area contributed by atoms with Crippen LogP contribution in [0.3, 0.4) is 0 Å². The molecule has 1 aliphatic heterocycles. The van der Waals surface area contributed by atoms with Crippen molar-refractivity contribution in [1.82, 2.24) is 5.32 Å². The Hall–Kier alpha value is -0.960. The molecule has 0 bridgehead atoms. The number of hydrogen-bond donors (Lipinski definition) is 3. The summed E-state index contributed by atoms with van der Waals surface area (Å²) in [5, 5.41) is 12.0. The summed E-state index contributed by atoms with van der Waals surface area (Å²) in [5.41, 5.74) is 9.50. The van der Waals surface area contributed by atoms with Crippen molar-refractivity contribution in [2.45, 2.75) is 20.3 Å². The SMILES string of the molecule is CC1=C(N)CC(CO)=C(C)N1. The highest BCUT2D eigenvalue weighted by Gasteiger charge is 2.11. The first-order valence-corrected chi connectivity index (χ1v) is 3.67. The Balaban J connectivity index is 2.79. The van der Waals surface area contributed by atoms with Gasteiger partial charge in [0.05, 0.1) is 6.61 Å². The fourth-order valence-electron chi connectivity index (χ4n) is 1.12. The lowest BCUT2D eigenvalue weighted by molar-refractivity contribution is 0.325. The first kappa shape index (κ1) is 8.14. The van der Waals surface area contributed by atoms with Gasteiger partial charge in [-0.25, -0.2) is 0 Å². The fraction of sp³-hybridized carbons (Fsp3) is 0.500. The summed E-state index contributed by atoms with van der Waals surface area (Å²) in [6.45, 7) is 3.97. The second-order valence-corrected chi connectivity index (χ2v) is 2.84. The number of rotatable bonds is 1. The van der Waals surface area contributed by atoms with E-state index in [1.54, 1.807) is 0 Å². The van der Waals surface area contributed by atoms with Crippen molar-refractivity contribution < 1.29 is 5.11 Å². The molecule has 0 aromatic heterocycles. The highest BCUT2D eigenvalue weighted by molar-refractivity contribution is 5.28. The summed E-state index contributed by atoms with van der Waals surface area (Å²) in [7, 11) is 0. The molecule has 1 rings (SSSR count). The van der Waals surface area contributed by atoms with E-state index in [0.29, 0.717) is 6.42 Å². The van der Waals surface area contributed by atoms with E-state index in [1.807, 2.05) is 13.8 Å². The minimum Gasteiger partial charge on any atom is -0.400 e. The molecular formula is C8H14N2O. The molecule has 11 heavy (non-hydrogen) atoms. The van der Waals surface area contributed by atoms with Crippen LogP contribution >= 0.6 is 0 Å². The molecule has 0 aromatic rings. The van der Waals surface area contributed by atoms with Crippen molar-refractivity contribution in [3.63, 3.8) is 0 Å². The fourth-order valence-corrected chi connectivity index (χ4v) is 1.12. The van der Waals surface area contributed by atoms with Gasteiger partial charge in [0.2, 0.25) is 0 Å². The van der Waals surface area contributed by atoms with Crippen molar-refractivity contribution in [3.8, 4) is 0 Å². The zero-order valence-corrected chi connectivity index (χ0v) is 6.94. The van der Waals surface area contributed by atoms with Crippen LogP contribution in [-0.2, 0) is 0 Å². The zero-order chi connectivity index (χ0) is 8.43. The van der Waals surface area contributed by atoms with E-state index in [2.05, 4.69) is 5.32 Å². The minimum absolute atomic E-state index is 0.0901. The lowest BCUT2D eigenvalue weighted by Crippen LogP contribution is -2.22. The van der Waals surface area contributed by atoms with Gasteiger partial charge in [0, 0.05) is 23.5 Å². The molecule has 0 fully saturated rings. The minimum atomic E-state index is 0.0901. The number of allylic oxidation sites excluding steroid dienone is 3. The lowest BCUT2D eigenvalue weighted by Gasteiger charge is -2.20. The largest absolute Gasteiger partial charge is 0.400 e. The number of aliphatic hydroxyl groups excluding tert-OH is 1. The summed E-state index contributed by atoms with van der Waals surface area (Å²) >= 11 is 0. The Labute approximate surface area is 66.6 Å². The number of aliphatic hydroxyl groups is 1. The molecule has 0 spiro atoms. The van der Waals surface area contributed by atoms with Crippen molar-refractivity contribution in [3.05, 3.63) is 22.7 Å². The van der Waals surface area contributed by atoms with Gasteiger partial charge in [0.1, 0.15) is 0 Å². The summed E-state index contributed by atoms with van der Waals surface area (Å²) < 4.78 is 0. The molecule has 1 heterocycles. The number of nitrogens with two attached hydrogens (primary N) is 1. The molecule has 0 aromatic carbocycles. The van der Waals surface area contributed by atoms with Gasteiger partial charge in [0.15, 0.2) is 0 Å². The van der Waals surface area contributed by atoms with Crippen LogP contribution in [0.1, 0.15) is 20.3 Å². The van der Waals surface area contributed by atoms with Gasteiger partial charge in [-0.15, -0.1) is 0 Å². The molecule has 4 N–H and O–H groups in total. The van der Waals surface area contributed by atoms with Crippen LogP contribution in [-0.4, -0.2) is 11.7 Å². The Morgan fingerprint density at radius 1 is 1.45 bits per heavy atom. The highest BCUT2D eigenvalue weighted by atomic mass is 16.3.